The van der Waals surface area contributed by atoms with Crippen LogP contribution in [0.15, 0.2) is 18.2 Å². The number of hydrogen-bond acceptors (Lipinski definition) is 5. The first kappa shape index (κ1) is 18.3. The summed E-state index contributed by atoms with van der Waals surface area (Å²) in [7, 11) is 0. The third kappa shape index (κ3) is 4.29. The lowest BCUT2D eigenvalue weighted by Gasteiger charge is -2.41. The van der Waals surface area contributed by atoms with Crippen LogP contribution in [0.25, 0.3) is 0 Å². The maximum atomic E-state index is 12.2. The number of nitro benzene ring substituents is 1. The molecule has 0 radical (unpaired) electrons. The average Bonchev–Trinajstić information content (AvgIpc) is 2.45. The molecule has 1 heterocycles. The van der Waals surface area contributed by atoms with Crippen LogP contribution < -0.4 is 4.90 Å². The largest absolute Gasteiger partial charge is 0.444 e. The van der Waals surface area contributed by atoms with Gasteiger partial charge in [-0.15, -0.1) is 0 Å². The number of rotatable bonds is 2. The maximum Gasteiger partial charge on any atom is 0.410 e. The number of non-ortho nitro benzene ring substituents is 1. The summed E-state index contributed by atoms with van der Waals surface area (Å²) in [5, 5.41) is 11.1. The van der Waals surface area contributed by atoms with Crippen LogP contribution in [0.2, 0.25) is 5.02 Å². The second-order valence-corrected chi connectivity index (χ2v) is 7.27. The summed E-state index contributed by atoms with van der Waals surface area (Å²) in [6.07, 6.45) is -0.330. The van der Waals surface area contributed by atoms with E-state index in [9.17, 15) is 14.9 Å². The molecule has 2 rings (SSSR count). The summed E-state index contributed by atoms with van der Waals surface area (Å²) in [6.45, 7) is 9.07. The number of piperazine rings is 1. The molecular formula is C16H22ClN3O4. The molecule has 0 aromatic heterocycles. The Balaban J connectivity index is 2.09. The highest BCUT2D eigenvalue weighted by Crippen LogP contribution is 2.32. The zero-order chi connectivity index (χ0) is 18.1. The van der Waals surface area contributed by atoms with Crippen molar-refractivity contribution in [2.75, 3.05) is 24.5 Å². The van der Waals surface area contributed by atoms with Gasteiger partial charge in [0, 0.05) is 37.8 Å². The zero-order valence-corrected chi connectivity index (χ0v) is 15.0. The van der Waals surface area contributed by atoms with Gasteiger partial charge < -0.3 is 14.5 Å². The standard InChI is InChI=1S/C16H22ClN3O4/c1-11-10-18(15(21)24-16(2,3)4)7-8-19(11)14-6-5-12(20(22)23)9-13(14)17/h5-6,9,11H,7-8,10H2,1-4H3/t11-/m1/s1. The number of amides is 1. The summed E-state index contributed by atoms with van der Waals surface area (Å²) in [5.74, 6) is 0. The number of anilines is 1. The second-order valence-electron chi connectivity index (χ2n) is 6.86. The van der Waals surface area contributed by atoms with Gasteiger partial charge in [0.25, 0.3) is 5.69 Å². The SMILES string of the molecule is C[C@@H]1CN(C(=O)OC(C)(C)C)CCN1c1ccc([N+](=O)[O-])cc1Cl. The molecule has 0 spiro atoms. The molecule has 1 aromatic carbocycles. The Morgan fingerprint density at radius 1 is 1.38 bits per heavy atom. The van der Waals surface area contributed by atoms with Crippen LogP contribution in [0.5, 0.6) is 0 Å². The van der Waals surface area contributed by atoms with Gasteiger partial charge in [-0.2, -0.15) is 0 Å². The van der Waals surface area contributed by atoms with E-state index in [1.807, 2.05) is 32.6 Å². The van der Waals surface area contributed by atoms with Crippen molar-refractivity contribution >= 4 is 29.1 Å². The van der Waals surface area contributed by atoms with Gasteiger partial charge in [-0.25, -0.2) is 4.79 Å². The van der Waals surface area contributed by atoms with Gasteiger partial charge in [0.1, 0.15) is 5.60 Å². The van der Waals surface area contributed by atoms with Crippen molar-refractivity contribution in [1.29, 1.82) is 0 Å². The monoisotopic (exact) mass is 355 g/mol. The molecule has 1 saturated heterocycles. The molecule has 8 heteroatoms. The number of nitro groups is 1. The van der Waals surface area contributed by atoms with Crippen molar-refractivity contribution in [2.24, 2.45) is 0 Å². The lowest BCUT2D eigenvalue weighted by atomic mass is 10.1. The third-order valence-corrected chi connectivity index (χ3v) is 4.03. The lowest BCUT2D eigenvalue weighted by molar-refractivity contribution is -0.384. The predicted molar refractivity (Wildman–Crippen MR) is 92.7 cm³/mol. The maximum absolute atomic E-state index is 12.2. The Labute approximate surface area is 146 Å². The summed E-state index contributed by atoms with van der Waals surface area (Å²) in [6, 6.07) is 4.46. The number of nitrogens with zero attached hydrogens (tertiary/aromatic N) is 3. The summed E-state index contributed by atoms with van der Waals surface area (Å²) in [5.41, 5.74) is 0.168. The van der Waals surface area contributed by atoms with Gasteiger partial charge in [0.15, 0.2) is 0 Å². The highest BCUT2D eigenvalue weighted by atomic mass is 35.5. The van der Waals surface area contributed by atoms with Gasteiger partial charge in [-0.3, -0.25) is 10.1 Å². The molecule has 24 heavy (non-hydrogen) atoms. The minimum Gasteiger partial charge on any atom is -0.444 e. The highest BCUT2D eigenvalue weighted by Gasteiger charge is 2.30. The molecule has 7 nitrogen and oxygen atoms in total. The van der Waals surface area contributed by atoms with Gasteiger partial charge >= 0.3 is 6.09 Å². The molecule has 0 bridgehead atoms. The van der Waals surface area contributed by atoms with Crippen LogP contribution in [-0.2, 0) is 4.74 Å². The van der Waals surface area contributed by atoms with Gasteiger partial charge in [0.2, 0.25) is 0 Å². The quantitative estimate of drug-likeness (QED) is 0.597. The summed E-state index contributed by atoms with van der Waals surface area (Å²) in [4.78, 5) is 26.2. The Hall–Kier alpha value is -2.02. The minimum absolute atomic E-state index is 0.0187. The normalized spacial score (nSPS) is 18.5. The molecule has 0 N–H and O–H groups in total. The average molecular weight is 356 g/mol. The molecule has 1 fully saturated rings. The smallest absolute Gasteiger partial charge is 0.410 e. The van der Waals surface area contributed by atoms with E-state index >= 15 is 0 Å². The molecule has 0 unspecified atom stereocenters. The summed E-state index contributed by atoms with van der Waals surface area (Å²) < 4.78 is 5.40. The molecule has 132 valence electrons. The van der Waals surface area contributed by atoms with Crippen molar-refractivity contribution in [1.82, 2.24) is 4.90 Å². The molecule has 1 amide bonds. The van der Waals surface area contributed by atoms with Crippen molar-refractivity contribution in [2.45, 2.75) is 39.3 Å². The van der Waals surface area contributed by atoms with E-state index in [4.69, 9.17) is 16.3 Å². The molecule has 0 aliphatic carbocycles. The first-order valence-corrected chi connectivity index (χ1v) is 8.15. The van der Waals surface area contributed by atoms with Crippen molar-refractivity contribution in [3.8, 4) is 0 Å². The highest BCUT2D eigenvalue weighted by molar-refractivity contribution is 6.33. The topological polar surface area (TPSA) is 75.9 Å². The van der Waals surface area contributed by atoms with E-state index in [0.717, 1.165) is 5.69 Å². The van der Waals surface area contributed by atoms with Gasteiger partial charge in [-0.05, 0) is 33.8 Å². The van der Waals surface area contributed by atoms with Crippen molar-refractivity contribution in [3.63, 3.8) is 0 Å². The number of carbonyl (C=O) groups excluding carboxylic acids is 1. The second kappa shape index (κ2) is 6.84. The molecule has 1 aromatic rings. The lowest BCUT2D eigenvalue weighted by Crippen LogP contribution is -2.54. The Morgan fingerprint density at radius 2 is 2.04 bits per heavy atom. The van der Waals surface area contributed by atoms with E-state index < -0.39 is 10.5 Å². The molecule has 1 aliphatic heterocycles. The Morgan fingerprint density at radius 3 is 2.54 bits per heavy atom. The zero-order valence-electron chi connectivity index (χ0n) is 14.3. The van der Waals surface area contributed by atoms with Crippen molar-refractivity contribution < 1.29 is 14.5 Å². The number of halogens is 1. The fourth-order valence-corrected chi connectivity index (χ4v) is 2.93. The Kier molecular flexibility index (Phi) is 5.22. The van der Waals surface area contributed by atoms with Crippen LogP contribution in [-0.4, -0.2) is 47.2 Å². The molecule has 1 aliphatic rings. The third-order valence-electron chi connectivity index (χ3n) is 3.73. The predicted octanol–water partition coefficient (Wildman–Crippen LogP) is 3.69. The van der Waals surface area contributed by atoms with Crippen LogP contribution in [0.1, 0.15) is 27.7 Å². The Bertz CT molecular complexity index is 645. The van der Waals surface area contributed by atoms with Crippen LogP contribution >= 0.6 is 11.6 Å². The van der Waals surface area contributed by atoms with Crippen LogP contribution in [0, 0.1) is 10.1 Å². The van der Waals surface area contributed by atoms with E-state index in [0.29, 0.717) is 24.7 Å². The van der Waals surface area contributed by atoms with Crippen LogP contribution in [0.4, 0.5) is 16.2 Å². The van der Waals surface area contributed by atoms with Crippen molar-refractivity contribution in [3.05, 3.63) is 33.3 Å². The fraction of sp³-hybridized carbons (Fsp3) is 0.562. The van der Waals surface area contributed by atoms with Gasteiger partial charge in [-0.1, -0.05) is 11.6 Å². The number of carbonyl (C=O) groups is 1. The summed E-state index contributed by atoms with van der Waals surface area (Å²) >= 11 is 6.21. The number of benzene rings is 1. The molecular weight excluding hydrogens is 334 g/mol. The van der Waals surface area contributed by atoms with E-state index in [2.05, 4.69) is 0 Å². The first-order valence-electron chi connectivity index (χ1n) is 7.77. The molecule has 0 saturated carbocycles. The van der Waals surface area contributed by atoms with E-state index in [1.165, 1.54) is 12.1 Å². The number of hydrogen-bond donors (Lipinski definition) is 0. The van der Waals surface area contributed by atoms with E-state index in [-0.39, 0.29) is 17.8 Å². The van der Waals surface area contributed by atoms with Gasteiger partial charge in [0.05, 0.1) is 15.6 Å². The molecule has 1 atom stereocenters. The van der Waals surface area contributed by atoms with E-state index in [1.54, 1.807) is 11.0 Å². The van der Waals surface area contributed by atoms with Crippen LogP contribution in [0.3, 0.4) is 0 Å². The first-order chi connectivity index (χ1) is 11.1. The number of ether oxygens (including phenoxy) is 1. The fourth-order valence-electron chi connectivity index (χ4n) is 2.65. The minimum atomic E-state index is -0.529.